The molecule has 7 heteroatoms. The van der Waals surface area contributed by atoms with Crippen LogP contribution in [0.1, 0.15) is 69.8 Å². The standard InChI is InChI=1S/C32H47NO6/c1-29-18-24(21-6-8-22(9-7-21)33(2)3)28-23(25(29)12-15-32(29,37-5)27(34)19-36-4)10-13-30(35)20-31(14-11-26(28)30)38-16-17-39-31/h6-9,23-25,27,34-35H,10-20H2,1-5H3/t23-,24+,25-,27-,29-,30+,32-/m0/s1. The van der Waals surface area contributed by atoms with E-state index in [2.05, 4.69) is 50.2 Å². The van der Waals surface area contributed by atoms with Gasteiger partial charge in [-0.1, -0.05) is 24.6 Å². The molecular weight excluding hydrogens is 494 g/mol. The molecule has 7 nitrogen and oxygen atoms in total. The zero-order valence-corrected chi connectivity index (χ0v) is 24.4. The second-order valence-corrected chi connectivity index (χ2v) is 13.3. The average molecular weight is 542 g/mol. The molecule has 3 saturated carbocycles. The van der Waals surface area contributed by atoms with Gasteiger partial charge in [0, 0.05) is 58.2 Å². The summed E-state index contributed by atoms with van der Waals surface area (Å²) < 4.78 is 24.0. The Morgan fingerprint density at radius 2 is 1.77 bits per heavy atom. The van der Waals surface area contributed by atoms with Crippen molar-refractivity contribution in [1.82, 2.24) is 0 Å². The number of hydrogen-bond acceptors (Lipinski definition) is 7. The number of aliphatic hydroxyl groups is 2. The van der Waals surface area contributed by atoms with Crippen LogP contribution in [0.3, 0.4) is 0 Å². The second-order valence-electron chi connectivity index (χ2n) is 13.3. The monoisotopic (exact) mass is 541 g/mol. The van der Waals surface area contributed by atoms with Crippen LogP contribution in [0.4, 0.5) is 5.69 Å². The Morgan fingerprint density at radius 3 is 2.41 bits per heavy atom. The molecule has 1 saturated heterocycles. The van der Waals surface area contributed by atoms with Gasteiger partial charge in [0.2, 0.25) is 0 Å². The van der Waals surface area contributed by atoms with Gasteiger partial charge in [-0.2, -0.15) is 0 Å². The van der Waals surface area contributed by atoms with E-state index in [4.69, 9.17) is 18.9 Å². The van der Waals surface area contributed by atoms with Crippen LogP contribution in [0.15, 0.2) is 35.4 Å². The van der Waals surface area contributed by atoms with E-state index in [0.717, 1.165) is 44.9 Å². The molecule has 1 spiro atoms. The Balaban J connectivity index is 1.47. The number of ether oxygens (including phenoxy) is 4. The molecule has 1 heterocycles. The molecule has 2 N–H and O–H groups in total. The molecule has 1 aromatic carbocycles. The highest BCUT2D eigenvalue weighted by Gasteiger charge is 2.67. The van der Waals surface area contributed by atoms with Crippen molar-refractivity contribution in [3.8, 4) is 0 Å². The maximum atomic E-state index is 12.2. The lowest BCUT2D eigenvalue weighted by atomic mass is 9.49. The van der Waals surface area contributed by atoms with Gasteiger partial charge in [0.05, 0.1) is 25.4 Å². The van der Waals surface area contributed by atoms with Gasteiger partial charge >= 0.3 is 0 Å². The van der Waals surface area contributed by atoms with Gasteiger partial charge in [0.25, 0.3) is 0 Å². The van der Waals surface area contributed by atoms with Crippen molar-refractivity contribution in [3.05, 3.63) is 41.0 Å². The highest BCUT2D eigenvalue weighted by Crippen LogP contribution is 2.69. The van der Waals surface area contributed by atoms with Crippen LogP contribution in [0, 0.1) is 17.3 Å². The summed E-state index contributed by atoms with van der Waals surface area (Å²) in [7, 11) is 7.55. The Hall–Kier alpha value is -1.48. The molecule has 39 heavy (non-hydrogen) atoms. The summed E-state index contributed by atoms with van der Waals surface area (Å²) in [5.74, 6) is 0.239. The SMILES string of the molecule is COC[C@H](O)[C@@]1(OC)CC[C@H]2[C@@H]3CC[C@@]4(O)CC5(CCC4=C3[C@@H](c3ccc(N(C)C)cc3)C[C@@]21C)OCCO5. The molecule has 6 rings (SSSR count). The number of nitrogens with zero attached hydrogens (tertiary/aromatic N) is 1. The summed E-state index contributed by atoms with van der Waals surface area (Å²) in [5, 5.41) is 23.7. The molecule has 0 radical (unpaired) electrons. The number of aliphatic hydroxyl groups excluding tert-OH is 1. The van der Waals surface area contributed by atoms with E-state index < -0.39 is 23.1 Å². The minimum absolute atomic E-state index is 0.149. The van der Waals surface area contributed by atoms with Gasteiger partial charge in [-0.05, 0) is 73.6 Å². The number of rotatable bonds is 6. The fraction of sp³-hybridized carbons (Fsp3) is 0.750. The van der Waals surface area contributed by atoms with E-state index in [1.165, 1.54) is 22.4 Å². The highest BCUT2D eigenvalue weighted by atomic mass is 16.7. The van der Waals surface area contributed by atoms with Gasteiger partial charge in [-0.25, -0.2) is 0 Å². The van der Waals surface area contributed by atoms with E-state index in [-0.39, 0.29) is 17.9 Å². The summed E-state index contributed by atoms with van der Waals surface area (Å²) in [6.45, 7) is 3.83. The van der Waals surface area contributed by atoms with Gasteiger partial charge in [0.15, 0.2) is 5.79 Å². The van der Waals surface area contributed by atoms with Crippen LogP contribution in [0.5, 0.6) is 0 Å². The maximum absolute atomic E-state index is 12.2. The summed E-state index contributed by atoms with van der Waals surface area (Å²) >= 11 is 0. The molecule has 0 aromatic heterocycles. The van der Waals surface area contributed by atoms with Crippen LogP contribution in [-0.2, 0) is 18.9 Å². The minimum atomic E-state index is -0.892. The number of anilines is 1. The Kier molecular flexibility index (Phi) is 6.96. The van der Waals surface area contributed by atoms with Gasteiger partial charge < -0.3 is 34.1 Å². The lowest BCUT2D eigenvalue weighted by Gasteiger charge is -2.59. The smallest absolute Gasteiger partial charge is 0.171 e. The minimum Gasteiger partial charge on any atom is -0.388 e. The zero-order valence-electron chi connectivity index (χ0n) is 24.4. The molecule has 4 aliphatic carbocycles. The number of allylic oxidation sites excluding steroid dienone is 1. The molecule has 4 fully saturated rings. The topological polar surface area (TPSA) is 80.6 Å². The summed E-state index contributed by atoms with van der Waals surface area (Å²) in [6, 6.07) is 8.94. The highest BCUT2D eigenvalue weighted by molar-refractivity contribution is 5.50. The van der Waals surface area contributed by atoms with Crippen LogP contribution in [-0.4, -0.2) is 81.4 Å². The predicted molar refractivity (Wildman–Crippen MR) is 150 cm³/mol. The second kappa shape index (κ2) is 9.81. The van der Waals surface area contributed by atoms with Gasteiger partial charge in [-0.15, -0.1) is 0 Å². The fourth-order valence-corrected chi connectivity index (χ4v) is 9.65. The Labute approximate surface area is 233 Å². The molecule has 7 atom stereocenters. The molecule has 1 aromatic rings. The van der Waals surface area contributed by atoms with Gasteiger partial charge in [0.1, 0.15) is 11.7 Å². The molecule has 0 bridgehead atoms. The summed E-state index contributed by atoms with van der Waals surface area (Å²) in [6.07, 6.45) is 5.78. The van der Waals surface area contributed by atoms with Crippen molar-refractivity contribution in [2.75, 3.05) is 53.0 Å². The third-order valence-electron chi connectivity index (χ3n) is 11.4. The summed E-state index contributed by atoms with van der Waals surface area (Å²) in [4.78, 5) is 2.13. The Morgan fingerprint density at radius 1 is 1.05 bits per heavy atom. The molecule has 216 valence electrons. The van der Waals surface area contributed by atoms with Gasteiger partial charge in [-0.3, -0.25) is 0 Å². The lowest BCUT2D eigenvalue weighted by molar-refractivity contribution is -0.210. The number of benzene rings is 1. The number of methoxy groups -OCH3 is 2. The first kappa shape index (κ1) is 27.7. The Bertz CT molecular complexity index is 1100. The quantitative estimate of drug-likeness (QED) is 0.517. The van der Waals surface area contributed by atoms with E-state index in [1.807, 2.05) is 0 Å². The normalized spacial score (nSPS) is 39.8. The largest absolute Gasteiger partial charge is 0.388 e. The van der Waals surface area contributed by atoms with Crippen LogP contribution >= 0.6 is 0 Å². The van der Waals surface area contributed by atoms with E-state index in [9.17, 15) is 10.2 Å². The third-order valence-corrected chi connectivity index (χ3v) is 11.4. The molecule has 0 unspecified atom stereocenters. The zero-order chi connectivity index (χ0) is 27.6. The molecule has 1 aliphatic heterocycles. The molecular formula is C32H47NO6. The van der Waals surface area contributed by atoms with E-state index in [0.29, 0.717) is 31.5 Å². The lowest BCUT2D eigenvalue weighted by Crippen LogP contribution is -2.60. The van der Waals surface area contributed by atoms with Crippen molar-refractivity contribution in [2.24, 2.45) is 17.3 Å². The van der Waals surface area contributed by atoms with Crippen molar-refractivity contribution in [2.45, 2.75) is 87.3 Å². The van der Waals surface area contributed by atoms with Crippen LogP contribution in [0.2, 0.25) is 0 Å². The number of hydrogen-bond donors (Lipinski definition) is 2. The van der Waals surface area contributed by atoms with Crippen LogP contribution < -0.4 is 4.90 Å². The number of fused-ring (bicyclic) bond motifs is 4. The van der Waals surface area contributed by atoms with Crippen molar-refractivity contribution in [1.29, 1.82) is 0 Å². The fourth-order valence-electron chi connectivity index (χ4n) is 9.65. The van der Waals surface area contributed by atoms with E-state index in [1.54, 1.807) is 14.2 Å². The van der Waals surface area contributed by atoms with Crippen LogP contribution in [0.25, 0.3) is 0 Å². The van der Waals surface area contributed by atoms with Crippen molar-refractivity contribution in [3.63, 3.8) is 0 Å². The first-order valence-corrected chi connectivity index (χ1v) is 14.9. The van der Waals surface area contributed by atoms with Crippen molar-refractivity contribution < 1.29 is 29.2 Å². The molecule has 5 aliphatic rings. The first-order chi connectivity index (χ1) is 18.6. The third kappa shape index (κ3) is 4.06. The predicted octanol–water partition coefficient (Wildman–Crippen LogP) is 4.41. The first-order valence-electron chi connectivity index (χ1n) is 14.9. The molecule has 0 amide bonds. The van der Waals surface area contributed by atoms with E-state index >= 15 is 0 Å². The van der Waals surface area contributed by atoms with Crippen molar-refractivity contribution >= 4 is 5.69 Å². The maximum Gasteiger partial charge on any atom is 0.171 e. The average Bonchev–Trinajstić information content (AvgIpc) is 3.49. The summed E-state index contributed by atoms with van der Waals surface area (Å²) in [5.41, 5.74) is 3.35.